The normalized spacial score (nSPS) is 16.0. The molecule has 2 aromatic carbocycles. The van der Waals surface area contributed by atoms with Gasteiger partial charge in [-0.15, -0.1) is 0 Å². The molecule has 3 rings (SSSR count). The van der Waals surface area contributed by atoms with Gasteiger partial charge in [0.05, 0.1) is 0 Å². The summed E-state index contributed by atoms with van der Waals surface area (Å²) < 4.78 is 12.9. The van der Waals surface area contributed by atoms with E-state index in [9.17, 15) is 4.39 Å². The molecular formula is C18H22FN3. The van der Waals surface area contributed by atoms with Gasteiger partial charge in [-0.2, -0.15) is 0 Å². The average Bonchev–Trinajstić information content (AvgIpc) is 2.56. The summed E-state index contributed by atoms with van der Waals surface area (Å²) in [5, 5.41) is 0. The molecule has 2 N–H and O–H groups in total. The maximum absolute atomic E-state index is 12.9. The maximum atomic E-state index is 12.9. The van der Waals surface area contributed by atoms with Crippen LogP contribution < -0.4 is 10.6 Å². The van der Waals surface area contributed by atoms with Crippen molar-refractivity contribution in [3.05, 3.63) is 59.9 Å². The molecule has 0 bridgehead atoms. The Balaban J connectivity index is 1.47. The Morgan fingerprint density at radius 2 is 1.50 bits per heavy atom. The van der Waals surface area contributed by atoms with E-state index in [1.165, 1.54) is 23.4 Å². The summed E-state index contributed by atoms with van der Waals surface area (Å²) in [5.41, 5.74) is 8.98. The molecule has 1 aliphatic rings. The van der Waals surface area contributed by atoms with Gasteiger partial charge in [-0.25, -0.2) is 4.39 Å². The van der Waals surface area contributed by atoms with Crippen LogP contribution in [0, 0.1) is 5.82 Å². The summed E-state index contributed by atoms with van der Waals surface area (Å²) in [4.78, 5) is 4.87. The first kappa shape index (κ1) is 14.9. The molecule has 0 aromatic heterocycles. The number of nitrogens with zero attached hydrogens (tertiary/aromatic N) is 2. The second-order valence-electron chi connectivity index (χ2n) is 5.80. The highest BCUT2D eigenvalue weighted by atomic mass is 19.1. The van der Waals surface area contributed by atoms with Gasteiger partial charge in [0.15, 0.2) is 0 Å². The van der Waals surface area contributed by atoms with E-state index in [4.69, 9.17) is 5.73 Å². The molecule has 0 amide bonds. The third-order valence-electron chi connectivity index (χ3n) is 4.26. The Labute approximate surface area is 131 Å². The van der Waals surface area contributed by atoms with Gasteiger partial charge in [-0.3, -0.25) is 4.90 Å². The number of hydrogen-bond acceptors (Lipinski definition) is 3. The molecule has 2 aromatic rings. The predicted octanol–water partition coefficient (Wildman–Crippen LogP) is 2.77. The van der Waals surface area contributed by atoms with E-state index in [1.54, 1.807) is 0 Å². The van der Waals surface area contributed by atoms with Crippen LogP contribution in [0.4, 0.5) is 15.8 Å². The molecule has 4 heteroatoms. The lowest BCUT2D eigenvalue weighted by Crippen LogP contribution is -2.47. The first-order valence-corrected chi connectivity index (χ1v) is 7.78. The minimum absolute atomic E-state index is 0.166. The average molecular weight is 299 g/mol. The van der Waals surface area contributed by atoms with Gasteiger partial charge in [-0.1, -0.05) is 12.1 Å². The highest BCUT2D eigenvalue weighted by molar-refractivity contribution is 5.53. The zero-order chi connectivity index (χ0) is 15.4. The minimum Gasteiger partial charge on any atom is -0.399 e. The number of anilines is 2. The zero-order valence-electron chi connectivity index (χ0n) is 12.7. The lowest BCUT2D eigenvalue weighted by atomic mass is 10.1. The highest BCUT2D eigenvalue weighted by Gasteiger charge is 2.16. The van der Waals surface area contributed by atoms with Gasteiger partial charge in [0.1, 0.15) is 5.82 Å². The molecule has 0 saturated carbocycles. The molecule has 22 heavy (non-hydrogen) atoms. The van der Waals surface area contributed by atoms with Crippen LogP contribution in [0.1, 0.15) is 5.56 Å². The molecule has 0 spiro atoms. The number of halogens is 1. The fourth-order valence-corrected chi connectivity index (χ4v) is 2.85. The molecule has 0 atom stereocenters. The van der Waals surface area contributed by atoms with Crippen LogP contribution in [-0.2, 0) is 6.42 Å². The molecule has 1 fully saturated rings. The smallest absolute Gasteiger partial charge is 0.123 e. The van der Waals surface area contributed by atoms with Crippen molar-refractivity contribution in [1.82, 2.24) is 4.90 Å². The Bertz CT molecular complexity index is 587. The van der Waals surface area contributed by atoms with Crippen molar-refractivity contribution >= 4 is 11.4 Å². The van der Waals surface area contributed by atoms with E-state index in [0.717, 1.165) is 44.8 Å². The minimum atomic E-state index is -0.166. The second kappa shape index (κ2) is 6.79. The number of nitrogen functional groups attached to an aromatic ring is 1. The molecule has 3 nitrogen and oxygen atoms in total. The molecule has 1 aliphatic heterocycles. The van der Waals surface area contributed by atoms with Crippen molar-refractivity contribution in [2.75, 3.05) is 43.4 Å². The largest absolute Gasteiger partial charge is 0.399 e. The van der Waals surface area contributed by atoms with Crippen LogP contribution in [0.3, 0.4) is 0 Å². The molecule has 0 aliphatic carbocycles. The molecular weight excluding hydrogens is 277 g/mol. The van der Waals surface area contributed by atoms with Crippen LogP contribution in [0.5, 0.6) is 0 Å². The second-order valence-corrected chi connectivity index (χ2v) is 5.80. The van der Waals surface area contributed by atoms with Crippen molar-refractivity contribution in [3.8, 4) is 0 Å². The van der Waals surface area contributed by atoms with E-state index >= 15 is 0 Å². The lowest BCUT2D eigenvalue weighted by molar-refractivity contribution is 0.261. The summed E-state index contributed by atoms with van der Waals surface area (Å²) in [6.45, 7) is 5.22. The van der Waals surface area contributed by atoms with Crippen molar-refractivity contribution in [2.45, 2.75) is 6.42 Å². The fourth-order valence-electron chi connectivity index (χ4n) is 2.85. The number of rotatable bonds is 4. The zero-order valence-corrected chi connectivity index (χ0v) is 12.7. The summed E-state index contributed by atoms with van der Waals surface area (Å²) >= 11 is 0. The van der Waals surface area contributed by atoms with E-state index in [0.29, 0.717) is 0 Å². The van der Waals surface area contributed by atoms with Gasteiger partial charge < -0.3 is 10.6 Å². The van der Waals surface area contributed by atoms with Crippen LogP contribution in [0.2, 0.25) is 0 Å². The summed E-state index contributed by atoms with van der Waals surface area (Å²) in [7, 11) is 0. The lowest BCUT2D eigenvalue weighted by Gasteiger charge is -2.36. The third-order valence-corrected chi connectivity index (χ3v) is 4.26. The topological polar surface area (TPSA) is 32.5 Å². The standard InChI is InChI=1S/C18H22FN3/c19-16-3-1-15(2-4-16)9-10-21-11-13-22(14-12-21)18-7-5-17(20)6-8-18/h1-8H,9-14,20H2. The highest BCUT2D eigenvalue weighted by Crippen LogP contribution is 2.18. The van der Waals surface area contributed by atoms with Crippen molar-refractivity contribution in [2.24, 2.45) is 0 Å². The van der Waals surface area contributed by atoms with Gasteiger partial charge in [0.2, 0.25) is 0 Å². The quantitative estimate of drug-likeness (QED) is 0.881. The molecule has 0 unspecified atom stereocenters. The van der Waals surface area contributed by atoms with E-state index in [-0.39, 0.29) is 5.82 Å². The van der Waals surface area contributed by atoms with Crippen LogP contribution in [0.25, 0.3) is 0 Å². The van der Waals surface area contributed by atoms with Gasteiger partial charge in [-0.05, 0) is 48.4 Å². The molecule has 1 heterocycles. The Hall–Kier alpha value is -2.07. The van der Waals surface area contributed by atoms with Crippen molar-refractivity contribution < 1.29 is 4.39 Å². The van der Waals surface area contributed by atoms with E-state index in [2.05, 4.69) is 21.9 Å². The van der Waals surface area contributed by atoms with Gasteiger partial charge in [0.25, 0.3) is 0 Å². The summed E-state index contributed by atoms with van der Waals surface area (Å²) in [6.07, 6.45) is 0.974. The van der Waals surface area contributed by atoms with E-state index < -0.39 is 0 Å². The van der Waals surface area contributed by atoms with Gasteiger partial charge in [0, 0.05) is 44.1 Å². The van der Waals surface area contributed by atoms with Gasteiger partial charge >= 0.3 is 0 Å². The summed E-state index contributed by atoms with van der Waals surface area (Å²) in [5.74, 6) is -0.166. The number of hydrogen-bond donors (Lipinski definition) is 1. The maximum Gasteiger partial charge on any atom is 0.123 e. The SMILES string of the molecule is Nc1ccc(N2CCN(CCc3ccc(F)cc3)CC2)cc1. The monoisotopic (exact) mass is 299 g/mol. The predicted molar refractivity (Wildman–Crippen MR) is 89.6 cm³/mol. The Kier molecular flexibility index (Phi) is 4.59. The fraction of sp³-hybridized carbons (Fsp3) is 0.333. The number of benzene rings is 2. The Morgan fingerprint density at radius 1 is 0.864 bits per heavy atom. The number of piperazine rings is 1. The Morgan fingerprint density at radius 3 is 2.14 bits per heavy atom. The first-order chi connectivity index (χ1) is 10.7. The molecule has 116 valence electrons. The van der Waals surface area contributed by atoms with E-state index in [1.807, 2.05) is 24.3 Å². The third kappa shape index (κ3) is 3.77. The summed E-state index contributed by atoms with van der Waals surface area (Å²) in [6, 6.07) is 14.9. The number of nitrogens with two attached hydrogens (primary N) is 1. The molecule has 1 saturated heterocycles. The molecule has 0 radical (unpaired) electrons. The van der Waals surface area contributed by atoms with Crippen LogP contribution >= 0.6 is 0 Å². The van der Waals surface area contributed by atoms with Crippen molar-refractivity contribution in [1.29, 1.82) is 0 Å². The van der Waals surface area contributed by atoms with Crippen LogP contribution in [0.15, 0.2) is 48.5 Å². The van der Waals surface area contributed by atoms with Crippen molar-refractivity contribution in [3.63, 3.8) is 0 Å². The first-order valence-electron chi connectivity index (χ1n) is 7.78. The van der Waals surface area contributed by atoms with Crippen LogP contribution in [-0.4, -0.2) is 37.6 Å².